The van der Waals surface area contributed by atoms with Crippen molar-refractivity contribution in [1.29, 1.82) is 0 Å². The van der Waals surface area contributed by atoms with Gasteiger partial charge in [-0.1, -0.05) is 18.2 Å². The predicted molar refractivity (Wildman–Crippen MR) is 48.8 cm³/mol. The maximum absolute atomic E-state index is 5.32. The normalized spacial score (nSPS) is 14.5. The van der Waals surface area contributed by atoms with E-state index in [0.717, 1.165) is 19.8 Å². The highest BCUT2D eigenvalue weighted by molar-refractivity contribution is 5.32. The zero-order valence-electron chi connectivity index (χ0n) is 7.67. The van der Waals surface area contributed by atoms with Gasteiger partial charge in [-0.2, -0.15) is 5.48 Å². The Balaban J connectivity index is 2.12. The highest BCUT2D eigenvalue weighted by Crippen LogP contribution is 2.20. The minimum atomic E-state index is 0.740. The Hall–Kier alpha value is -0.900. The standard InChI is InChI=1S/C10H13NO2/c1-12-11-5-8-2-3-9-6-13-7-10(9)4-8/h2-4,11H,5-7H2,1H3. The Morgan fingerprint density at radius 3 is 3.08 bits per heavy atom. The first-order chi connectivity index (χ1) is 6.40. The SMILES string of the molecule is CONCc1ccc2c(c1)COC2. The van der Waals surface area contributed by atoms with Crippen molar-refractivity contribution in [3.8, 4) is 0 Å². The number of benzene rings is 1. The Kier molecular flexibility index (Phi) is 2.59. The Morgan fingerprint density at radius 2 is 2.23 bits per heavy atom. The van der Waals surface area contributed by atoms with Crippen LogP contribution in [-0.2, 0) is 29.3 Å². The smallest absolute Gasteiger partial charge is 0.0725 e. The van der Waals surface area contributed by atoms with E-state index in [0.29, 0.717) is 0 Å². The maximum Gasteiger partial charge on any atom is 0.0725 e. The largest absolute Gasteiger partial charge is 0.372 e. The lowest BCUT2D eigenvalue weighted by Crippen LogP contribution is -2.10. The summed E-state index contributed by atoms with van der Waals surface area (Å²) in [6.45, 7) is 2.24. The van der Waals surface area contributed by atoms with Crippen LogP contribution in [0, 0.1) is 0 Å². The maximum atomic E-state index is 5.32. The molecule has 1 aromatic rings. The molecule has 0 bridgehead atoms. The number of rotatable bonds is 3. The lowest BCUT2D eigenvalue weighted by molar-refractivity contribution is 0.0867. The Labute approximate surface area is 77.6 Å². The fraction of sp³-hybridized carbons (Fsp3) is 0.400. The van der Waals surface area contributed by atoms with Gasteiger partial charge in [-0.15, -0.1) is 0 Å². The van der Waals surface area contributed by atoms with E-state index >= 15 is 0 Å². The average molecular weight is 179 g/mol. The summed E-state index contributed by atoms with van der Waals surface area (Å²) in [5.41, 5.74) is 6.65. The van der Waals surface area contributed by atoms with Crippen molar-refractivity contribution >= 4 is 0 Å². The van der Waals surface area contributed by atoms with E-state index < -0.39 is 0 Å². The topological polar surface area (TPSA) is 30.5 Å². The minimum absolute atomic E-state index is 0.740. The van der Waals surface area contributed by atoms with Crippen LogP contribution in [0.25, 0.3) is 0 Å². The first-order valence-corrected chi connectivity index (χ1v) is 4.34. The van der Waals surface area contributed by atoms with Crippen LogP contribution in [0.1, 0.15) is 16.7 Å². The van der Waals surface area contributed by atoms with E-state index in [9.17, 15) is 0 Å². The van der Waals surface area contributed by atoms with Crippen LogP contribution in [-0.4, -0.2) is 7.11 Å². The molecule has 0 atom stereocenters. The molecule has 1 N–H and O–H groups in total. The van der Waals surface area contributed by atoms with Gasteiger partial charge in [0.25, 0.3) is 0 Å². The summed E-state index contributed by atoms with van der Waals surface area (Å²) >= 11 is 0. The molecule has 0 aliphatic carbocycles. The highest BCUT2D eigenvalue weighted by atomic mass is 16.6. The van der Waals surface area contributed by atoms with E-state index in [4.69, 9.17) is 9.57 Å². The number of hydrogen-bond donors (Lipinski definition) is 1. The van der Waals surface area contributed by atoms with Gasteiger partial charge in [0.15, 0.2) is 0 Å². The van der Waals surface area contributed by atoms with Crippen LogP contribution < -0.4 is 5.48 Å². The van der Waals surface area contributed by atoms with Gasteiger partial charge in [0.05, 0.1) is 20.3 Å². The number of nitrogens with one attached hydrogen (secondary N) is 1. The van der Waals surface area contributed by atoms with Crippen molar-refractivity contribution in [1.82, 2.24) is 5.48 Å². The fourth-order valence-corrected chi connectivity index (χ4v) is 1.49. The second-order valence-corrected chi connectivity index (χ2v) is 3.12. The third-order valence-corrected chi connectivity index (χ3v) is 2.21. The van der Waals surface area contributed by atoms with Crippen LogP contribution in [0.2, 0.25) is 0 Å². The van der Waals surface area contributed by atoms with E-state index in [2.05, 4.69) is 23.7 Å². The summed E-state index contributed by atoms with van der Waals surface area (Å²) in [6, 6.07) is 6.38. The van der Waals surface area contributed by atoms with E-state index in [1.165, 1.54) is 16.7 Å². The molecule has 0 unspecified atom stereocenters. The van der Waals surface area contributed by atoms with Crippen molar-refractivity contribution in [2.75, 3.05) is 7.11 Å². The van der Waals surface area contributed by atoms with Gasteiger partial charge < -0.3 is 9.57 Å². The molecule has 0 spiro atoms. The summed E-state index contributed by atoms with van der Waals surface area (Å²) in [4.78, 5) is 4.78. The molecule has 1 aromatic carbocycles. The average Bonchev–Trinajstić information content (AvgIpc) is 2.61. The summed E-state index contributed by atoms with van der Waals surface area (Å²) in [5.74, 6) is 0. The van der Waals surface area contributed by atoms with Crippen LogP contribution >= 0.6 is 0 Å². The second kappa shape index (κ2) is 3.87. The summed E-state index contributed by atoms with van der Waals surface area (Å²) in [7, 11) is 1.62. The molecule has 0 saturated heterocycles. The van der Waals surface area contributed by atoms with Gasteiger partial charge in [0.2, 0.25) is 0 Å². The Morgan fingerprint density at radius 1 is 1.38 bits per heavy atom. The van der Waals surface area contributed by atoms with Gasteiger partial charge in [0, 0.05) is 6.54 Å². The molecule has 3 nitrogen and oxygen atoms in total. The van der Waals surface area contributed by atoms with Gasteiger partial charge in [0.1, 0.15) is 0 Å². The molecule has 0 aromatic heterocycles. The summed E-state index contributed by atoms with van der Waals surface area (Å²) in [5, 5.41) is 0. The third-order valence-electron chi connectivity index (χ3n) is 2.21. The molecule has 13 heavy (non-hydrogen) atoms. The van der Waals surface area contributed by atoms with Crippen LogP contribution in [0.3, 0.4) is 0 Å². The molecule has 1 aliphatic heterocycles. The Bertz CT molecular complexity index is 299. The van der Waals surface area contributed by atoms with Crippen molar-refractivity contribution < 1.29 is 9.57 Å². The quantitative estimate of drug-likeness (QED) is 0.711. The molecule has 70 valence electrons. The minimum Gasteiger partial charge on any atom is -0.372 e. The lowest BCUT2D eigenvalue weighted by atomic mass is 10.1. The molecule has 3 heteroatoms. The first-order valence-electron chi connectivity index (χ1n) is 4.34. The predicted octanol–water partition coefficient (Wildman–Crippen LogP) is 1.37. The fourth-order valence-electron chi connectivity index (χ4n) is 1.49. The zero-order chi connectivity index (χ0) is 9.10. The second-order valence-electron chi connectivity index (χ2n) is 3.12. The molecule has 1 aliphatic rings. The van der Waals surface area contributed by atoms with Gasteiger partial charge >= 0.3 is 0 Å². The molecule has 0 saturated carbocycles. The van der Waals surface area contributed by atoms with Crippen molar-refractivity contribution in [2.24, 2.45) is 0 Å². The van der Waals surface area contributed by atoms with Gasteiger partial charge in [-0.3, -0.25) is 0 Å². The monoisotopic (exact) mass is 179 g/mol. The van der Waals surface area contributed by atoms with E-state index in [1.807, 2.05) is 0 Å². The molecule has 0 amide bonds. The molecular weight excluding hydrogens is 166 g/mol. The molecule has 2 rings (SSSR count). The number of fused-ring (bicyclic) bond motifs is 1. The lowest BCUT2D eigenvalue weighted by Gasteiger charge is -2.03. The van der Waals surface area contributed by atoms with Crippen LogP contribution in [0.15, 0.2) is 18.2 Å². The highest BCUT2D eigenvalue weighted by Gasteiger charge is 2.10. The van der Waals surface area contributed by atoms with Crippen LogP contribution in [0.5, 0.6) is 0 Å². The number of hydroxylamine groups is 1. The molecule has 0 fully saturated rings. The van der Waals surface area contributed by atoms with Crippen molar-refractivity contribution in [3.63, 3.8) is 0 Å². The van der Waals surface area contributed by atoms with Crippen molar-refractivity contribution in [2.45, 2.75) is 19.8 Å². The van der Waals surface area contributed by atoms with Crippen LogP contribution in [0.4, 0.5) is 0 Å². The van der Waals surface area contributed by atoms with Gasteiger partial charge in [-0.25, -0.2) is 0 Å². The van der Waals surface area contributed by atoms with Gasteiger partial charge in [-0.05, 0) is 16.7 Å². The number of ether oxygens (including phenoxy) is 1. The summed E-state index contributed by atoms with van der Waals surface area (Å²) in [6.07, 6.45) is 0. The third kappa shape index (κ3) is 1.88. The molecule has 1 heterocycles. The van der Waals surface area contributed by atoms with Crippen molar-refractivity contribution in [3.05, 3.63) is 34.9 Å². The molecular formula is C10H13NO2. The summed E-state index contributed by atoms with van der Waals surface area (Å²) < 4.78 is 5.32. The number of hydrogen-bond acceptors (Lipinski definition) is 3. The van der Waals surface area contributed by atoms with E-state index in [-0.39, 0.29) is 0 Å². The molecule has 0 radical (unpaired) electrons. The first kappa shape index (κ1) is 8.69. The van der Waals surface area contributed by atoms with E-state index in [1.54, 1.807) is 7.11 Å². The zero-order valence-corrected chi connectivity index (χ0v) is 7.67.